The van der Waals surface area contributed by atoms with Gasteiger partial charge in [0, 0.05) is 16.3 Å². The lowest BCUT2D eigenvalue weighted by Crippen LogP contribution is -2.04. The Morgan fingerprint density at radius 3 is 2.13 bits per heavy atom. The van der Waals surface area contributed by atoms with Crippen molar-refractivity contribution in [1.29, 1.82) is 0 Å². The van der Waals surface area contributed by atoms with Gasteiger partial charge in [0.1, 0.15) is 5.70 Å². The summed E-state index contributed by atoms with van der Waals surface area (Å²) < 4.78 is 40.2. The van der Waals surface area contributed by atoms with Crippen molar-refractivity contribution in [3.05, 3.63) is 106 Å². The van der Waals surface area contributed by atoms with Gasteiger partial charge in [0.25, 0.3) is 0 Å². The highest BCUT2D eigenvalue weighted by molar-refractivity contribution is 5.98. The van der Waals surface area contributed by atoms with Crippen LogP contribution < -0.4 is 0 Å². The quantitative estimate of drug-likeness (QED) is 0.365. The second-order valence-electron chi connectivity index (χ2n) is 7.02. The summed E-state index contributed by atoms with van der Waals surface area (Å²) in [5, 5.41) is 15.2. The third-order valence-electron chi connectivity index (χ3n) is 5.05. The molecule has 0 saturated heterocycles. The summed E-state index contributed by atoms with van der Waals surface area (Å²) in [7, 11) is 0. The average Bonchev–Trinajstić information content (AvgIpc) is 3.03. The Morgan fingerprint density at radius 2 is 1.52 bits per heavy atom. The Morgan fingerprint density at radius 1 is 0.903 bits per heavy atom. The van der Waals surface area contributed by atoms with E-state index >= 15 is 0 Å². The molecule has 3 aromatic carbocycles. The van der Waals surface area contributed by atoms with Gasteiger partial charge in [-0.3, -0.25) is 0 Å². The number of halogens is 3. The number of benzene rings is 3. The van der Waals surface area contributed by atoms with Crippen molar-refractivity contribution in [2.45, 2.75) is 12.7 Å². The van der Waals surface area contributed by atoms with Gasteiger partial charge in [-0.15, -0.1) is 4.91 Å². The van der Waals surface area contributed by atoms with Crippen LogP contribution in [0.2, 0.25) is 0 Å². The number of hydrogen-bond donors (Lipinski definition) is 1. The first-order valence-electron chi connectivity index (χ1n) is 9.45. The molecule has 0 fully saturated rings. The third kappa shape index (κ3) is 4.07. The van der Waals surface area contributed by atoms with Gasteiger partial charge < -0.3 is 9.67 Å². The van der Waals surface area contributed by atoms with Crippen LogP contribution in [0, 0.1) is 4.91 Å². The predicted molar refractivity (Wildman–Crippen MR) is 114 cm³/mol. The number of aromatic nitrogens is 1. The fourth-order valence-corrected chi connectivity index (χ4v) is 3.51. The van der Waals surface area contributed by atoms with Crippen molar-refractivity contribution < 1.29 is 18.3 Å². The van der Waals surface area contributed by atoms with Crippen molar-refractivity contribution in [2.24, 2.45) is 5.18 Å². The highest BCUT2D eigenvalue weighted by Crippen LogP contribution is 2.35. The molecule has 0 unspecified atom stereocenters. The number of hydrogen-bond acceptors (Lipinski definition) is 3. The van der Waals surface area contributed by atoms with Crippen molar-refractivity contribution in [3.63, 3.8) is 0 Å². The molecule has 0 radical (unpaired) electrons. The summed E-state index contributed by atoms with van der Waals surface area (Å²) in [5.74, 6) is 0.0309. The molecule has 0 aliphatic rings. The van der Waals surface area contributed by atoms with Crippen molar-refractivity contribution in [3.8, 4) is 5.88 Å². The monoisotopic (exact) mass is 422 g/mol. The summed E-state index contributed by atoms with van der Waals surface area (Å²) in [6.45, 7) is 0.340. The van der Waals surface area contributed by atoms with E-state index in [1.165, 1.54) is 18.2 Å². The number of nitrogens with zero attached hydrogens (tertiary/aromatic N) is 2. The van der Waals surface area contributed by atoms with E-state index in [1.807, 2.05) is 30.3 Å². The molecule has 0 amide bonds. The molecule has 0 aliphatic carbocycles. The zero-order chi connectivity index (χ0) is 22.0. The summed E-state index contributed by atoms with van der Waals surface area (Å²) in [5.41, 5.74) is 0.872. The lowest BCUT2D eigenvalue weighted by Gasteiger charge is -2.10. The first-order valence-corrected chi connectivity index (χ1v) is 9.45. The minimum absolute atomic E-state index is 0.0309. The number of alkyl halides is 3. The Hall–Kier alpha value is -3.87. The van der Waals surface area contributed by atoms with Crippen molar-refractivity contribution >= 4 is 22.5 Å². The predicted octanol–water partition coefficient (Wildman–Crippen LogP) is 6.68. The number of nitroso groups, excluding NO2 is 1. The molecule has 4 aromatic rings. The first kappa shape index (κ1) is 20.4. The standard InChI is InChI=1S/C24H17F3N2O2/c25-24(26,27)18-12-10-17(11-13-18)21(28-31)14-22-19-8-4-5-9-20(19)23(30)29(22)15-16-6-2-1-3-7-16/h1-14,30H,15H2/b21-14-. The summed E-state index contributed by atoms with van der Waals surface area (Å²) in [4.78, 5) is 11.6. The lowest BCUT2D eigenvalue weighted by molar-refractivity contribution is -0.137. The molecule has 4 nitrogen and oxygen atoms in total. The third-order valence-corrected chi connectivity index (χ3v) is 5.05. The Labute approximate surface area is 175 Å². The minimum Gasteiger partial charge on any atom is -0.494 e. The van der Waals surface area contributed by atoms with Crippen LogP contribution in [0.5, 0.6) is 5.88 Å². The molecule has 0 atom stereocenters. The van der Waals surface area contributed by atoms with Crippen molar-refractivity contribution in [1.82, 2.24) is 4.57 Å². The first-order chi connectivity index (χ1) is 14.9. The largest absolute Gasteiger partial charge is 0.494 e. The fourth-order valence-electron chi connectivity index (χ4n) is 3.51. The van der Waals surface area contributed by atoms with Gasteiger partial charge in [0.15, 0.2) is 5.88 Å². The van der Waals surface area contributed by atoms with Crippen LogP contribution in [-0.4, -0.2) is 9.67 Å². The van der Waals surface area contributed by atoms with Crippen LogP contribution in [0.1, 0.15) is 22.4 Å². The van der Waals surface area contributed by atoms with Crippen LogP contribution in [0.4, 0.5) is 13.2 Å². The summed E-state index contributed by atoms with van der Waals surface area (Å²) in [6, 6.07) is 20.9. The molecule has 0 aliphatic heterocycles. The molecule has 7 heteroatoms. The van der Waals surface area contributed by atoms with E-state index < -0.39 is 11.7 Å². The molecule has 4 rings (SSSR count). The molecular weight excluding hydrogens is 405 g/mol. The highest BCUT2D eigenvalue weighted by atomic mass is 19.4. The maximum atomic E-state index is 12.9. The van der Waals surface area contributed by atoms with E-state index in [4.69, 9.17) is 0 Å². The number of aromatic hydroxyl groups is 1. The highest BCUT2D eigenvalue weighted by Gasteiger charge is 2.30. The van der Waals surface area contributed by atoms with Gasteiger partial charge in [-0.2, -0.15) is 13.2 Å². The van der Waals surface area contributed by atoms with Gasteiger partial charge in [-0.1, -0.05) is 60.7 Å². The Bertz CT molecular complexity index is 1260. The topological polar surface area (TPSA) is 54.6 Å². The Kier molecular flexibility index (Phi) is 5.33. The molecule has 156 valence electrons. The zero-order valence-corrected chi connectivity index (χ0v) is 16.2. The van der Waals surface area contributed by atoms with Crippen LogP contribution in [0.3, 0.4) is 0 Å². The van der Waals surface area contributed by atoms with Gasteiger partial charge >= 0.3 is 6.18 Å². The van der Waals surface area contributed by atoms with E-state index in [1.54, 1.807) is 28.8 Å². The zero-order valence-electron chi connectivity index (χ0n) is 16.2. The number of fused-ring (bicyclic) bond motifs is 1. The SMILES string of the molecule is O=N/C(=C\c1c2ccccc2c(O)n1Cc1ccccc1)c1ccc(C(F)(F)F)cc1. The van der Waals surface area contributed by atoms with E-state index in [-0.39, 0.29) is 17.1 Å². The molecule has 1 aromatic heterocycles. The van der Waals surface area contributed by atoms with E-state index in [9.17, 15) is 23.2 Å². The fraction of sp³-hybridized carbons (Fsp3) is 0.0833. The van der Waals surface area contributed by atoms with Crippen LogP contribution in [-0.2, 0) is 12.7 Å². The maximum Gasteiger partial charge on any atom is 0.416 e. The molecule has 1 heterocycles. The Balaban J connectivity index is 1.84. The van der Waals surface area contributed by atoms with E-state index in [0.717, 1.165) is 17.7 Å². The molecule has 1 N–H and O–H groups in total. The maximum absolute atomic E-state index is 12.9. The molecular formula is C24H17F3N2O2. The molecule has 0 saturated carbocycles. The molecule has 0 bridgehead atoms. The van der Waals surface area contributed by atoms with Gasteiger partial charge in [-0.25, -0.2) is 0 Å². The van der Waals surface area contributed by atoms with E-state index in [2.05, 4.69) is 5.18 Å². The van der Waals surface area contributed by atoms with Gasteiger partial charge in [0.05, 0.1) is 17.8 Å². The average molecular weight is 422 g/mol. The molecule has 0 spiro atoms. The normalized spacial score (nSPS) is 12.3. The van der Waals surface area contributed by atoms with Crippen LogP contribution >= 0.6 is 0 Å². The minimum atomic E-state index is -4.47. The van der Waals surface area contributed by atoms with Crippen LogP contribution in [0.15, 0.2) is 84.0 Å². The smallest absolute Gasteiger partial charge is 0.416 e. The van der Waals surface area contributed by atoms with Gasteiger partial charge in [0.2, 0.25) is 0 Å². The second-order valence-corrected chi connectivity index (χ2v) is 7.02. The van der Waals surface area contributed by atoms with E-state index in [0.29, 0.717) is 23.0 Å². The lowest BCUT2D eigenvalue weighted by atomic mass is 10.1. The van der Waals surface area contributed by atoms with Crippen LogP contribution in [0.25, 0.3) is 22.5 Å². The van der Waals surface area contributed by atoms with Crippen molar-refractivity contribution in [2.75, 3.05) is 0 Å². The number of rotatable bonds is 5. The van der Waals surface area contributed by atoms with Gasteiger partial charge in [-0.05, 0) is 35.0 Å². The summed E-state index contributed by atoms with van der Waals surface area (Å²) in [6.07, 6.45) is -2.98. The second kappa shape index (κ2) is 8.10. The molecule has 31 heavy (non-hydrogen) atoms. The summed E-state index contributed by atoms with van der Waals surface area (Å²) >= 11 is 0.